The first kappa shape index (κ1) is 14.0. The Morgan fingerprint density at radius 3 is 2.38 bits per heavy atom. The summed E-state index contributed by atoms with van der Waals surface area (Å²) >= 11 is 0. The molecule has 1 rings (SSSR count). The number of ether oxygens (including phenoxy) is 1. The molecule has 0 amide bonds. The quantitative estimate of drug-likeness (QED) is 0.531. The summed E-state index contributed by atoms with van der Waals surface area (Å²) in [5, 5.41) is 3.69. The van der Waals surface area contributed by atoms with E-state index in [9.17, 15) is 0 Å². The fourth-order valence-corrected chi connectivity index (χ4v) is 2.34. The van der Waals surface area contributed by atoms with Gasteiger partial charge in [-0.05, 0) is 46.1 Å². The molecule has 0 radical (unpaired) electrons. The second-order valence-corrected chi connectivity index (χ2v) is 5.27. The van der Waals surface area contributed by atoms with Crippen molar-refractivity contribution in [2.45, 2.75) is 77.4 Å². The van der Waals surface area contributed by atoms with Crippen LogP contribution in [0.15, 0.2) is 0 Å². The van der Waals surface area contributed by atoms with E-state index in [4.69, 9.17) is 4.74 Å². The van der Waals surface area contributed by atoms with E-state index in [0.29, 0.717) is 6.10 Å². The first-order chi connectivity index (χ1) is 7.79. The molecule has 1 saturated carbocycles. The molecule has 1 N–H and O–H groups in total. The van der Waals surface area contributed by atoms with Gasteiger partial charge in [0.15, 0.2) is 0 Å². The Kier molecular flexibility index (Phi) is 7.87. The van der Waals surface area contributed by atoms with Crippen LogP contribution in [0.2, 0.25) is 0 Å². The first-order valence-corrected chi connectivity index (χ1v) is 7.14. The molecule has 0 spiro atoms. The summed E-state index contributed by atoms with van der Waals surface area (Å²) in [6.45, 7) is 6.30. The Morgan fingerprint density at radius 2 is 1.75 bits per heavy atom. The van der Waals surface area contributed by atoms with E-state index < -0.39 is 0 Å². The zero-order valence-corrected chi connectivity index (χ0v) is 11.1. The van der Waals surface area contributed by atoms with E-state index in [1.54, 1.807) is 0 Å². The number of nitrogens with one attached hydrogen (secondary N) is 1. The fraction of sp³-hybridized carbons (Fsp3) is 1.00. The van der Waals surface area contributed by atoms with Crippen molar-refractivity contribution in [3.05, 3.63) is 0 Å². The Balaban J connectivity index is 1.89. The molecule has 96 valence electrons. The van der Waals surface area contributed by atoms with Crippen molar-refractivity contribution < 1.29 is 4.74 Å². The minimum atomic E-state index is 0.384. The summed E-state index contributed by atoms with van der Waals surface area (Å²) in [6.07, 6.45) is 11.4. The zero-order valence-electron chi connectivity index (χ0n) is 11.1. The molecular formula is C14H29NO. The minimum Gasteiger partial charge on any atom is -0.379 e. The topological polar surface area (TPSA) is 21.3 Å². The SMILES string of the molecule is CC(C)OCCCCNC1CCCCCC1. The van der Waals surface area contributed by atoms with Gasteiger partial charge in [0, 0.05) is 12.6 Å². The molecule has 0 unspecified atom stereocenters. The maximum absolute atomic E-state index is 5.53. The molecular weight excluding hydrogens is 198 g/mol. The maximum atomic E-state index is 5.53. The monoisotopic (exact) mass is 227 g/mol. The molecule has 1 fully saturated rings. The van der Waals surface area contributed by atoms with Gasteiger partial charge in [-0.15, -0.1) is 0 Å². The van der Waals surface area contributed by atoms with E-state index in [1.807, 2.05) is 0 Å². The highest BCUT2D eigenvalue weighted by Gasteiger charge is 2.10. The molecule has 0 aromatic heterocycles. The Hall–Kier alpha value is -0.0800. The van der Waals surface area contributed by atoms with Crippen LogP contribution in [0.25, 0.3) is 0 Å². The molecule has 2 heteroatoms. The second kappa shape index (κ2) is 9.00. The molecule has 0 saturated heterocycles. The van der Waals surface area contributed by atoms with Gasteiger partial charge in [-0.1, -0.05) is 25.7 Å². The molecule has 2 nitrogen and oxygen atoms in total. The number of unbranched alkanes of at least 4 members (excludes halogenated alkanes) is 1. The second-order valence-electron chi connectivity index (χ2n) is 5.27. The summed E-state index contributed by atoms with van der Waals surface area (Å²) in [5.74, 6) is 0. The van der Waals surface area contributed by atoms with E-state index in [1.165, 1.54) is 57.9 Å². The van der Waals surface area contributed by atoms with Crippen LogP contribution in [0.3, 0.4) is 0 Å². The van der Waals surface area contributed by atoms with E-state index in [-0.39, 0.29) is 0 Å². The smallest absolute Gasteiger partial charge is 0.0518 e. The van der Waals surface area contributed by atoms with Crippen molar-refractivity contribution >= 4 is 0 Å². The summed E-state index contributed by atoms with van der Waals surface area (Å²) in [4.78, 5) is 0. The average Bonchev–Trinajstić information content (AvgIpc) is 2.51. The van der Waals surface area contributed by atoms with E-state index in [0.717, 1.165) is 12.6 Å². The summed E-state index contributed by atoms with van der Waals surface area (Å²) < 4.78 is 5.53. The summed E-state index contributed by atoms with van der Waals surface area (Å²) in [6, 6.07) is 0.800. The van der Waals surface area contributed by atoms with Crippen molar-refractivity contribution in [1.29, 1.82) is 0 Å². The summed E-state index contributed by atoms with van der Waals surface area (Å²) in [5.41, 5.74) is 0. The van der Waals surface area contributed by atoms with Gasteiger partial charge in [-0.3, -0.25) is 0 Å². The molecule has 1 aliphatic carbocycles. The van der Waals surface area contributed by atoms with Crippen LogP contribution in [0.5, 0.6) is 0 Å². The van der Waals surface area contributed by atoms with Crippen molar-refractivity contribution in [2.75, 3.05) is 13.2 Å². The lowest BCUT2D eigenvalue weighted by Crippen LogP contribution is -2.29. The number of rotatable bonds is 7. The highest BCUT2D eigenvalue weighted by Crippen LogP contribution is 2.17. The Bertz CT molecular complexity index is 151. The van der Waals surface area contributed by atoms with E-state index >= 15 is 0 Å². The van der Waals surface area contributed by atoms with Crippen LogP contribution in [0.1, 0.15) is 65.2 Å². The van der Waals surface area contributed by atoms with Crippen molar-refractivity contribution in [1.82, 2.24) is 5.32 Å². The van der Waals surface area contributed by atoms with Gasteiger partial charge >= 0.3 is 0 Å². The van der Waals surface area contributed by atoms with Crippen LogP contribution in [0.4, 0.5) is 0 Å². The third kappa shape index (κ3) is 7.24. The van der Waals surface area contributed by atoms with Gasteiger partial charge in [-0.25, -0.2) is 0 Å². The van der Waals surface area contributed by atoms with Gasteiger partial charge in [0.1, 0.15) is 0 Å². The molecule has 0 aromatic rings. The largest absolute Gasteiger partial charge is 0.379 e. The lowest BCUT2D eigenvalue weighted by atomic mass is 10.1. The third-order valence-corrected chi connectivity index (χ3v) is 3.31. The molecule has 0 heterocycles. The normalized spacial score (nSPS) is 18.9. The van der Waals surface area contributed by atoms with Crippen molar-refractivity contribution in [3.8, 4) is 0 Å². The van der Waals surface area contributed by atoms with Crippen LogP contribution in [-0.4, -0.2) is 25.3 Å². The third-order valence-electron chi connectivity index (χ3n) is 3.31. The van der Waals surface area contributed by atoms with Crippen LogP contribution < -0.4 is 5.32 Å². The molecule has 0 bridgehead atoms. The van der Waals surface area contributed by atoms with Crippen molar-refractivity contribution in [3.63, 3.8) is 0 Å². The highest BCUT2D eigenvalue weighted by molar-refractivity contribution is 4.70. The van der Waals surface area contributed by atoms with Crippen LogP contribution >= 0.6 is 0 Å². The Labute approximate surface area is 101 Å². The predicted molar refractivity (Wildman–Crippen MR) is 69.8 cm³/mol. The first-order valence-electron chi connectivity index (χ1n) is 7.14. The number of hydrogen-bond donors (Lipinski definition) is 1. The molecule has 1 aliphatic rings. The molecule has 16 heavy (non-hydrogen) atoms. The van der Waals surface area contributed by atoms with Gasteiger partial charge in [0.2, 0.25) is 0 Å². The summed E-state index contributed by atoms with van der Waals surface area (Å²) in [7, 11) is 0. The molecule has 0 aliphatic heterocycles. The standard InChI is InChI=1S/C14H29NO/c1-13(2)16-12-8-7-11-15-14-9-5-3-4-6-10-14/h13-15H,3-12H2,1-2H3. The fourth-order valence-electron chi connectivity index (χ4n) is 2.34. The van der Waals surface area contributed by atoms with Crippen molar-refractivity contribution in [2.24, 2.45) is 0 Å². The average molecular weight is 227 g/mol. The Morgan fingerprint density at radius 1 is 1.06 bits per heavy atom. The highest BCUT2D eigenvalue weighted by atomic mass is 16.5. The number of hydrogen-bond acceptors (Lipinski definition) is 2. The zero-order chi connectivity index (χ0) is 11.6. The lowest BCUT2D eigenvalue weighted by molar-refractivity contribution is 0.0759. The maximum Gasteiger partial charge on any atom is 0.0518 e. The molecule has 0 aromatic carbocycles. The van der Waals surface area contributed by atoms with Gasteiger partial charge in [-0.2, -0.15) is 0 Å². The van der Waals surface area contributed by atoms with E-state index in [2.05, 4.69) is 19.2 Å². The van der Waals surface area contributed by atoms with Gasteiger partial charge in [0.25, 0.3) is 0 Å². The lowest BCUT2D eigenvalue weighted by Gasteiger charge is -2.16. The van der Waals surface area contributed by atoms with Crippen LogP contribution in [-0.2, 0) is 4.74 Å². The van der Waals surface area contributed by atoms with Crippen LogP contribution in [0, 0.1) is 0 Å². The van der Waals surface area contributed by atoms with Gasteiger partial charge in [0.05, 0.1) is 6.10 Å². The molecule has 0 atom stereocenters. The van der Waals surface area contributed by atoms with Gasteiger partial charge < -0.3 is 10.1 Å². The predicted octanol–water partition coefficient (Wildman–Crippen LogP) is 3.50. The minimum absolute atomic E-state index is 0.384.